The van der Waals surface area contributed by atoms with Crippen LogP contribution in [0, 0.1) is 5.92 Å². The summed E-state index contributed by atoms with van der Waals surface area (Å²) in [5, 5.41) is 2.06. The van der Waals surface area contributed by atoms with Crippen LogP contribution in [0.4, 0.5) is 13.2 Å². The van der Waals surface area contributed by atoms with Gasteiger partial charge in [-0.1, -0.05) is 79.9 Å². The van der Waals surface area contributed by atoms with E-state index >= 15 is 0 Å². The number of carbonyl (C=O) groups excluding carboxylic acids is 3. The number of nitrogens with zero attached hydrogens (tertiary/aromatic N) is 1. The molecule has 1 heterocycles. The number of benzene rings is 2. The highest BCUT2D eigenvalue weighted by atomic mass is 19.4. The molecule has 2 aliphatic rings. The molecule has 35 heavy (non-hydrogen) atoms. The molecule has 0 saturated heterocycles. The molecule has 1 N–H and O–H groups in total. The standard InChI is InChI=1S/C27H27F3N2O3/c1-18-22(23(33)20-13-7-3-8-14-20)26(27(28,29)30,31-24(34)21-15-9-4-10-16-21)25(35)32(18)17-19-11-5-2-6-12-19/h2-3,5-8,11-14,21H,4,9-10,15-17H2,1H3,(H,31,34)/t26-/m1/s1. The first-order valence-electron chi connectivity index (χ1n) is 11.7. The van der Waals surface area contributed by atoms with E-state index in [9.17, 15) is 27.6 Å². The summed E-state index contributed by atoms with van der Waals surface area (Å²) in [5.74, 6) is -3.78. The smallest absolute Gasteiger partial charge is 0.330 e. The molecule has 1 atom stereocenters. The largest absolute Gasteiger partial charge is 0.425 e. The van der Waals surface area contributed by atoms with Crippen LogP contribution in [0.25, 0.3) is 0 Å². The molecule has 184 valence electrons. The number of allylic oxidation sites excluding steroid dienone is 1. The van der Waals surface area contributed by atoms with Gasteiger partial charge < -0.3 is 10.2 Å². The summed E-state index contributed by atoms with van der Waals surface area (Å²) in [6.07, 6.45) is -1.96. The lowest BCUT2D eigenvalue weighted by Gasteiger charge is -2.35. The van der Waals surface area contributed by atoms with Gasteiger partial charge >= 0.3 is 6.18 Å². The quantitative estimate of drug-likeness (QED) is 0.575. The Hall–Kier alpha value is -3.42. The van der Waals surface area contributed by atoms with E-state index in [1.165, 1.54) is 31.2 Å². The Morgan fingerprint density at radius 3 is 2.11 bits per heavy atom. The molecule has 5 nitrogen and oxygen atoms in total. The topological polar surface area (TPSA) is 66.5 Å². The molecule has 0 radical (unpaired) electrons. The number of halogens is 3. The predicted octanol–water partition coefficient (Wildman–Crippen LogP) is 5.18. The van der Waals surface area contributed by atoms with Gasteiger partial charge in [-0.05, 0) is 25.3 Å². The van der Waals surface area contributed by atoms with Crippen LogP contribution in [0.2, 0.25) is 0 Å². The number of amides is 2. The van der Waals surface area contributed by atoms with Crippen LogP contribution in [-0.2, 0) is 16.1 Å². The van der Waals surface area contributed by atoms with Gasteiger partial charge in [-0.3, -0.25) is 14.4 Å². The highest BCUT2D eigenvalue weighted by Gasteiger charge is 2.70. The molecule has 1 saturated carbocycles. The second-order valence-electron chi connectivity index (χ2n) is 9.10. The second-order valence-corrected chi connectivity index (χ2v) is 9.10. The number of hydrogen-bond donors (Lipinski definition) is 1. The van der Waals surface area contributed by atoms with Crippen LogP contribution in [0.1, 0.15) is 54.9 Å². The van der Waals surface area contributed by atoms with Crippen molar-refractivity contribution >= 4 is 17.6 Å². The minimum atomic E-state index is -5.24. The summed E-state index contributed by atoms with van der Waals surface area (Å²) >= 11 is 0. The first-order chi connectivity index (χ1) is 16.7. The van der Waals surface area contributed by atoms with Crippen molar-refractivity contribution in [2.45, 2.75) is 57.3 Å². The molecule has 0 aromatic heterocycles. The van der Waals surface area contributed by atoms with E-state index in [1.807, 2.05) is 0 Å². The van der Waals surface area contributed by atoms with Gasteiger partial charge in [0.1, 0.15) is 0 Å². The number of nitrogens with one attached hydrogen (secondary N) is 1. The maximum Gasteiger partial charge on any atom is 0.425 e. The highest BCUT2D eigenvalue weighted by Crippen LogP contribution is 2.46. The van der Waals surface area contributed by atoms with Gasteiger partial charge in [0.05, 0.1) is 12.1 Å². The van der Waals surface area contributed by atoms with E-state index in [4.69, 9.17) is 0 Å². The Labute approximate surface area is 202 Å². The minimum absolute atomic E-state index is 0.0109. The molecule has 2 aromatic carbocycles. The predicted molar refractivity (Wildman–Crippen MR) is 124 cm³/mol. The van der Waals surface area contributed by atoms with Crippen molar-refractivity contribution in [2.24, 2.45) is 5.92 Å². The Kier molecular flexibility index (Phi) is 6.83. The van der Waals surface area contributed by atoms with Crippen molar-refractivity contribution in [3.63, 3.8) is 0 Å². The summed E-state index contributed by atoms with van der Waals surface area (Å²) in [7, 11) is 0. The molecule has 0 spiro atoms. The van der Waals surface area contributed by atoms with Crippen molar-refractivity contribution in [1.29, 1.82) is 0 Å². The maximum absolute atomic E-state index is 15.0. The van der Waals surface area contributed by atoms with E-state index in [1.54, 1.807) is 36.4 Å². The number of alkyl halides is 3. The fourth-order valence-corrected chi connectivity index (χ4v) is 4.99. The van der Waals surface area contributed by atoms with E-state index in [2.05, 4.69) is 5.32 Å². The molecule has 2 aromatic rings. The molecule has 4 rings (SSSR count). The average molecular weight is 485 g/mol. The molecule has 0 unspecified atom stereocenters. The van der Waals surface area contributed by atoms with Crippen molar-refractivity contribution in [1.82, 2.24) is 10.2 Å². The van der Waals surface area contributed by atoms with Gasteiger partial charge in [-0.2, -0.15) is 13.2 Å². The molecule has 0 bridgehead atoms. The molecule has 1 aliphatic carbocycles. The third kappa shape index (κ3) is 4.49. The lowest BCUT2D eigenvalue weighted by molar-refractivity contribution is -0.194. The van der Waals surface area contributed by atoms with E-state index in [0.717, 1.165) is 24.2 Å². The van der Waals surface area contributed by atoms with Crippen molar-refractivity contribution in [3.05, 3.63) is 83.1 Å². The zero-order chi connectivity index (χ0) is 25.2. The van der Waals surface area contributed by atoms with Crippen LogP contribution in [0.5, 0.6) is 0 Å². The highest BCUT2D eigenvalue weighted by molar-refractivity contribution is 6.19. The molecule has 1 aliphatic heterocycles. The fourth-order valence-electron chi connectivity index (χ4n) is 4.99. The van der Waals surface area contributed by atoms with Crippen LogP contribution < -0.4 is 5.32 Å². The summed E-state index contributed by atoms with van der Waals surface area (Å²) in [5.41, 5.74) is -3.71. The fraction of sp³-hybridized carbons (Fsp3) is 0.370. The van der Waals surface area contributed by atoms with Gasteiger partial charge in [0.2, 0.25) is 11.4 Å². The van der Waals surface area contributed by atoms with E-state index < -0.39 is 40.8 Å². The second kappa shape index (κ2) is 9.68. The summed E-state index contributed by atoms with van der Waals surface area (Å²) in [4.78, 5) is 41.3. The Bertz CT molecular complexity index is 1140. The molecule has 2 amide bonds. The zero-order valence-electron chi connectivity index (χ0n) is 19.4. The van der Waals surface area contributed by atoms with E-state index in [-0.39, 0.29) is 17.8 Å². The number of ketones is 1. The van der Waals surface area contributed by atoms with Crippen LogP contribution >= 0.6 is 0 Å². The first kappa shape index (κ1) is 24.7. The molecule has 1 fully saturated rings. The minimum Gasteiger partial charge on any atom is -0.330 e. The zero-order valence-corrected chi connectivity index (χ0v) is 19.4. The van der Waals surface area contributed by atoms with Gasteiger partial charge in [-0.15, -0.1) is 0 Å². The van der Waals surface area contributed by atoms with Crippen LogP contribution in [0.3, 0.4) is 0 Å². The van der Waals surface area contributed by atoms with Crippen molar-refractivity contribution in [3.8, 4) is 0 Å². The maximum atomic E-state index is 15.0. The lowest BCUT2D eigenvalue weighted by atomic mass is 9.82. The van der Waals surface area contributed by atoms with Crippen molar-refractivity contribution in [2.75, 3.05) is 0 Å². The Balaban J connectivity index is 1.84. The average Bonchev–Trinajstić information content (AvgIpc) is 3.07. The van der Waals surface area contributed by atoms with Gasteiger partial charge in [0, 0.05) is 17.2 Å². The van der Waals surface area contributed by atoms with E-state index in [0.29, 0.717) is 18.4 Å². The number of rotatable bonds is 6. The number of Topliss-reactive ketones (excluding diaryl/α,β-unsaturated/α-hetero) is 1. The molecular formula is C27H27F3N2O3. The Morgan fingerprint density at radius 1 is 0.971 bits per heavy atom. The third-order valence-corrected chi connectivity index (χ3v) is 6.87. The van der Waals surface area contributed by atoms with Gasteiger partial charge in [0.15, 0.2) is 5.78 Å². The molecular weight excluding hydrogens is 457 g/mol. The summed E-state index contributed by atoms with van der Waals surface area (Å²) < 4.78 is 44.9. The summed E-state index contributed by atoms with van der Waals surface area (Å²) in [6, 6.07) is 16.1. The monoisotopic (exact) mass is 484 g/mol. The SMILES string of the molecule is CC1=C(C(=O)c2ccccc2)[C@](NC(=O)C2CCCCC2)(C(F)(F)F)C(=O)N1Cc1ccccc1. The van der Waals surface area contributed by atoms with Gasteiger partial charge in [0.25, 0.3) is 5.91 Å². The number of hydrogen-bond acceptors (Lipinski definition) is 3. The first-order valence-corrected chi connectivity index (χ1v) is 11.7. The van der Waals surface area contributed by atoms with Crippen LogP contribution in [0.15, 0.2) is 71.9 Å². The summed E-state index contributed by atoms with van der Waals surface area (Å²) in [6.45, 7) is 1.17. The number of carbonyl (C=O) groups is 3. The lowest BCUT2D eigenvalue weighted by Crippen LogP contribution is -2.66. The molecule has 8 heteroatoms. The van der Waals surface area contributed by atoms with Gasteiger partial charge in [-0.25, -0.2) is 0 Å². The third-order valence-electron chi connectivity index (χ3n) is 6.87. The van der Waals surface area contributed by atoms with Crippen LogP contribution in [-0.4, -0.2) is 34.2 Å². The van der Waals surface area contributed by atoms with Crippen molar-refractivity contribution < 1.29 is 27.6 Å². The normalized spacial score (nSPS) is 21.4. The Morgan fingerprint density at radius 2 is 1.54 bits per heavy atom.